The smallest absolute Gasteiger partial charge is 0.418 e. The second-order valence-corrected chi connectivity index (χ2v) is 12.3. The van der Waals surface area contributed by atoms with Crippen LogP contribution in [0, 0.1) is 5.92 Å². The summed E-state index contributed by atoms with van der Waals surface area (Å²) in [6, 6.07) is 7.22. The van der Waals surface area contributed by atoms with E-state index in [1.165, 1.54) is 19.2 Å². The lowest BCUT2D eigenvalue weighted by molar-refractivity contribution is -0.228. The molecule has 1 aliphatic rings. The third-order valence-corrected chi connectivity index (χ3v) is 7.97. The minimum atomic E-state index is -4.97. The molecule has 2 atom stereocenters. The number of hydroxylamine groups is 2. The number of pyridine rings is 1. The van der Waals surface area contributed by atoms with E-state index in [1.54, 1.807) is 18.3 Å². The fraction of sp³-hybridized carbons (Fsp3) is 0.360. The number of aromatic amines is 1. The summed E-state index contributed by atoms with van der Waals surface area (Å²) in [5.41, 5.74) is 9.93. The van der Waals surface area contributed by atoms with Crippen molar-refractivity contribution in [2.75, 3.05) is 30.7 Å². The van der Waals surface area contributed by atoms with Gasteiger partial charge in [0.05, 0.1) is 11.5 Å². The predicted molar refractivity (Wildman–Crippen MR) is 163 cm³/mol. The molecule has 0 aliphatic carbocycles. The molecule has 0 radical (unpaired) electrons. The predicted octanol–water partition coefficient (Wildman–Crippen LogP) is 0.629. The molecule has 21 heteroatoms. The monoisotopic (exact) mass is 675 g/mol. The molecule has 5 rings (SSSR count). The largest absolute Gasteiger partial charge is 0.489 e. The summed E-state index contributed by atoms with van der Waals surface area (Å²) in [7, 11) is -4.97. The van der Waals surface area contributed by atoms with Crippen LogP contribution in [-0.2, 0) is 29.1 Å². The number of carbonyl (C=O) groups excluding carboxylic acids is 2. The van der Waals surface area contributed by atoms with Crippen LogP contribution in [0.5, 0.6) is 5.75 Å². The van der Waals surface area contributed by atoms with Crippen molar-refractivity contribution in [3.05, 3.63) is 47.4 Å². The first-order chi connectivity index (χ1) is 21.9. The second kappa shape index (κ2) is 13.3. The summed E-state index contributed by atoms with van der Waals surface area (Å²) in [6.07, 6.45) is 0.174. The number of aromatic nitrogens is 6. The molecule has 1 amide bonds. The quantitative estimate of drug-likeness (QED) is 0.0500. The number of nitrogens with one attached hydrogen (secondary N) is 2. The minimum Gasteiger partial charge on any atom is -0.489 e. The average Bonchev–Trinajstić information content (AvgIpc) is 3.71. The van der Waals surface area contributed by atoms with Gasteiger partial charge >= 0.3 is 10.4 Å². The Bertz CT molecular complexity index is 1860. The van der Waals surface area contributed by atoms with Gasteiger partial charge in [-0.3, -0.25) is 14.1 Å². The minimum absolute atomic E-state index is 0.0694. The molecule has 1 unspecified atom stereocenters. The van der Waals surface area contributed by atoms with Crippen molar-refractivity contribution in [3.63, 3.8) is 0 Å². The Morgan fingerprint density at radius 2 is 2.13 bits per heavy atom. The Kier molecular flexibility index (Phi) is 9.39. The maximum Gasteiger partial charge on any atom is 0.418 e. The molecule has 7 N–H and O–H groups in total. The molecule has 4 aromatic rings. The van der Waals surface area contributed by atoms with Gasteiger partial charge in [-0.05, 0) is 43.5 Å². The number of tetrazole rings is 1. The molecule has 244 valence electrons. The first-order valence-corrected chi connectivity index (χ1v) is 15.8. The van der Waals surface area contributed by atoms with Gasteiger partial charge in [-0.2, -0.15) is 18.7 Å². The van der Waals surface area contributed by atoms with Crippen LogP contribution < -0.4 is 21.5 Å². The SMILES string of the molecule is CC1(C)[C@H](CC(=O)/C(=N\OC(COc2ccc3c(NCCN)nccc3c2)c2nn[nH]n2)c2csc(N)n2)C(=O)N1OS(=O)(=O)O. The van der Waals surface area contributed by atoms with Crippen LogP contribution in [-0.4, -0.2) is 91.3 Å². The first kappa shape index (κ1) is 32.6. The Morgan fingerprint density at radius 1 is 1.33 bits per heavy atom. The van der Waals surface area contributed by atoms with E-state index in [2.05, 4.69) is 45.3 Å². The molecule has 19 nitrogen and oxygen atoms in total. The summed E-state index contributed by atoms with van der Waals surface area (Å²) in [5, 5.41) is 24.9. The highest BCUT2D eigenvalue weighted by Gasteiger charge is 2.57. The number of β-lactam (4-membered cyclic amide) rings is 1. The van der Waals surface area contributed by atoms with Crippen molar-refractivity contribution in [3.8, 4) is 5.75 Å². The number of ketones is 1. The highest BCUT2D eigenvalue weighted by molar-refractivity contribution is 7.80. The highest BCUT2D eigenvalue weighted by atomic mass is 32.3. The highest BCUT2D eigenvalue weighted by Crippen LogP contribution is 2.40. The van der Waals surface area contributed by atoms with E-state index >= 15 is 0 Å². The number of nitrogen functional groups attached to an aromatic ring is 1. The molecule has 46 heavy (non-hydrogen) atoms. The molecule has 0 bridgehead atoms. The summed E-state index contributed by atoms with van der Waals surface area (Å²) < 4.78 is 41.7. The number of Topliss-reactive ketones (excluding diaryl/α,β-unsaturated/α-hetero) is 1. The normalized spacial score (nSPS) is 17.0. The molecule has 1 aliphatic heterocycles. The summed E-state index contributed by atoms with van der Waals surface area (Å²) in [4.78, 5) is 40.4. The number of carbonyl (C=O) groups is 2. The zero-order valence-corrected chi connectivity index (χ0v) is 26.0. The topological polar surface area (TPSA) is 276 Å². The number of nitrogens with two attached hydrogens (primary N) is 2. The Morgan fingerprint density at radius 3 is 2.78 bits per heavy atom. The number of hydrogen-bond donors (Lipinski definition) is 5. The van der Waals surface area contributed by atoms with Gasteiger partial charge in [0, 0.05) is 36.5 Å². The molecule has 0 saturated carbocycles. The number of fused-ring (bicyclic) bond motifs is 1. The molecular formula is C25H29N11O8S2. The number of thiazole rings is 1. The Labute approximate surface area is 265 Å². The Hall–Kier alpha value is -4.83. The lowest BCUT2D eigenvalue weighted by atomic mass is 9.74. The molecule has 4 heterocycles. The van der Waals surface area contributed by atoms with Crippen LogP contribution in [0.1, 0.15) is 37.9 Å². The number of ether oxygens (including phenoxy) is 1. The number of hydrogen-bond acceptors (Lipinski definition) is 17. The van der Waals surface area contributed by atoms with Gasteiger partial charge in [0.2, 0.25) is 11.9 Å². The summed E-state index contributed by atoms with van der Waals surface area (Å²) >= 11 is 1.05. The van der Waals surface area contributed by atoms with Crippen LogP contribution in [0.3, 0.4) is 0 Å². The van der Waals surface area contributed by atoms with Gasteiger partial charge in [0.25, 0.3) is 5.91 Å². The van der Waals surface area contributed by atoms with Crippen molar-refractivity contribution in [2.24, 2.45) is 16.8 Å². The zero-order chi connectivity index (χ0) is 33.1. The fourth-order valence-electron chi connectivity index (χ4n) is 4.61. The van der Waals surface area contributed by atoms with E-state index in [0.29, 0.717) is 29.7 Å². The van der Waals surface area contributed by atoms with Gasteiger partial charge in [-0.25, -0.2) is 9.97 Å². The van der Waals surface area contributed by atoms with E-state index in [1.807, 2.05) is 12.1 Å². The number of H-pyrrole nitrogens is 1. The third-order valence-electron chi connectivity index (χ3n) is 6.96. The average molecular weight is 676 g/mol. The zero-order valence-electron chi connectivity index (χ0n) is 24.4. The number of rotatable bonds is 15. The maximum atomic E-state index is 13.5. The van der Waals surface area contributed by atoms with Crippen LogP contribution in [0.4, 0.5) is 10.9 Å². The van der Waals surface area contributed by atoms with Gasteiger partial charge < -0.3 is 26.4 Å². The van der Waals surface area contributed by atoms with Gasteiger partial charge in [-0.1, -0.05) is 10.4 Å². The number of benzene rings is 1. The van der Waals surface area contributed by atoms with Crippen LogP contribution in [0.2, 0.25) is 0 Å². The molecular weight excluding hydrogens is 646 g/mol. The number of nitrogens with zero attached hydrogens (tertiary/aromatic N) is 7. The van der Waals surface area contributed by atoms with E-state index in [-0.39, 0.29) is 29.0 Å². The molecule has 1 saturated heterocycles. The van der Waals surface area contributed by atoms with Gasteiger partial charge in [-0.15, -0.1) is 25.8 Å². The molecule has 1 fully saturated rings. The fourth-order valence-corrected chi connectivity index (χ4v) is 5.61. The summed E-state index contributed by atoms with van der Waals surface area (Å²) in [5.74, 6) is -1.29. The van der Waals surface area contributed by atoms with Gasteiger partial charge in [0.15, 0.2) is 16.6 Å². The second-order valence-electron chi connectivity index (χ2n) is 10.4. The Balaban J connectivity index is 1.35. The van der Waals surface area contributed by atoms with Crippen molar-refractivity contribution >= 4 is 60.9 Å². The van der Waals surface area contributed by atoms with Crippen molar-refractivity contribution in [1.82, 2.24) is 35.7 Å². The van der Waals surface area contributed by atoms with Crippen molar-refractivity contribution in [2.45, 2.75) is 31.9 Å². The van der Waals surface area contributed by atoms with Gasteiger partial charge in [0.1, 0.15) is 23.9 Å². The number of oxime groups is 1. The molecule has 3 aromatic heterocycles. The maximum absolute atomic E-state index is 13.5. The first-order valence-electron chi connectivity index (χ1n) is 13.6. The van der Waals surface area contributed by atoms with Crippen LogP contribution in [0.15, 0.2) is 41.0 Å². The number of anilines is 2. The summed E-state index contributed by atoms with van der Waals surface area (Å²) in [6.45, 7) is 3.78. The van der Waals surface area contributed by atoms with Crippen molar-refractivity contribution in [1.29, 1.82) is 0 Å². The van der Waals surface area contributed by atoms with E-state index in [4.69, 9.17) is 25.6 Å². The molecule has 1 aromatic carbocycles. The van der Waals surface area contributed by atoms with E-state index in [0.717, 1.165) is 22.1 Å². The lowest BCUT2D eigenvalue weighted by Crippen LogP contribution is -2.68. The standard InChI is InChI=1S/C25H29N11O8S2/c1-25(2)16(23(38)36(25)44-46(39,40)41)10-18(37)20(17-12-45-24(27)30-17)33-43-19(22-31-34-35-32-22)11-42-14-3-4-15-13(9-14)5-7-28-21(15)29-8-6-26/h3-5,7,9,12,16,19H,6,8,10-11,26H2,1-2H3,(H2,27,30)(H,28,29)(H,39,40,41)(H,31,32,34,35)/b33-20-/t16-,19?/m1/s1. The van der Waals surface area contributed by atoms with E-state index in [9.17, 15) is 18.0 Å². The third kappa shape index (κ3) is 7.18. The van der Waals surface area contributed by atoms with Crippen LogP contribution in [0.25, 0.3) is 10.8 Å². The number of amides is 1. The molecule has 0 spiro atoms. The van der Waals surface area contributed by atoms with E-state index < -0.39 is 46.1 Å². The lowest BCUT2D eigenvalue weighted by Gasteiger charge is -2.50. The van der Waals surface area contributed by atoms with Crippen LogP contribution >= 0.6 is 11.3 Å². The van der Waals surface area contributed by atoms with Crippen molar-refractivity contribution < 1.29 is 36.4 Å².